The van der Waals surface area contributed by atoms with Crippen molar-refractivity contribution in [3.63, 3.8) is 0 Å². The molecule has 0 saturated carbocycles. The topological polar surface area (TPSA) is 54.3 Å². The number of nitrogens with one attached hydrogen (secondary N) is 1. The van der Waals surface area contributed by atoms with Crippen molar-refractivity contribution in [1.29, 1.82) is 5.26 Å². The van der Waals surface area contributed by atoms with Crippen LogP contribution in [-0.2, 0) is 17.9 Å². The number of benzene rings is 2. The average Bonchev–Trinajstić information content (AvgIpc) is 2.53. The van der Waals surface area contributed by atoms with Gasteiger partial charge in [-0.2, -0.15) is 5.26 Å². The van der Waals surface area contributed by atoms with Gasteiger partial charge in [-0.3, -0.25) is 0 Å². The molecule has 4 nitrogen and oxygen atoms in total. The zero-order valence-electron chi connectivity index (χ0n) is 11.2. The minimum Gasteiger partial charge on any atom is -0.467 e. The van der Waals surface area contributed by atoms with Gasteiger partial charge in [0.15, 0.2) is 6.79 Å². The Bertz CT molecular complexity index is 693. The number of anilines is 1. The van der Waals surface area contributed by atoms with Gasteiger partial charge < -0.3 is 14.8 Å². The van der Waals surface area contributed by atoms with Crippen molar-refractivity contribution in [3.05, 3.63) is 58.9 Å². The molecule has 106 valence electrons. The van der Waals surface area contributed by atoms with Crippen LogP contribution >= 0.6 is 0 Å². The smallest absolute Gasteiger partial charge is 0.189 e. The molecule has 1 heterocycles. The number of nitriles is 1. The number of rotatable bonds is 3. The van der Waals surface area contributed by atoms with E-state index >= 15 is 0 Å². The molecule has 0 fully saturated rings. The third-order valence-corrected chi connectivity index (χ3v) is 3.25. The summed E-state index contributed by atoms with van der Waals surface area (Å²) in [4.78, 5) is 0. The Morgan fingerprint density at radius 1 is 1.24 bits per heavy atom. The molecule has 0 atom stereocenters. The first-order valence-electron chi connectivity index (χ1n) is 6.52. The van der Waals surface area contributed by atoms with Crippen LogP contribution in [0.5, 0.6) is 5.75 Å². The zero-order chi connectivity index (χ0) is 14.7. The molecule has 1 N–H and O–H groups in total. The maximum absolute atomic E-state index is 13.6. The molecular formula is C16H13FN2O2. The first-order chi connectivity index (χ1) is 10.3. The van der Waals surface area contributed by atoms with Gasteiger partial charge in [0, 0.05) is 23.4 Å². The van der Waals surface area contributed by atoms with Crippen molar-refractivity contribution in [3.8, 4) is 11.8 Å². The van der Waals surface area contributed by atoms with Gasteiger partial charge in [0.05, 0.1) is 18.2 Å². The highest BCUT2D eigenvalue weighted by Gasteiger charge is 2.16. The lowest BCUT2D eigenvalue weighted by atomic mass is 10.1. The van der Waals surface area contributed by atoms with Crippen LogP contribution in [0.1, 0.15) is 16.7 Å². The van der Waals surface area contributed by atoms with Gasteiger partial charge in [0.25, 0.3) is 0 Å². The quantitative estimate of drug-likeness (QED) is 0.940. The summed E-state index contributed by atoms with van der Waals surface area (Å²) in [5.41, 5.74) is 2.93. The predicted molar refractivity (Wildman–Crippen MR) is 75.2 cm³/mol. The lowest BCUT2D eigenvalue weighted by Crippen LogP contribution is -2.14. The summed E-state index contributed by atoms with van der Waals surface area (Å²) in [6.45, 7) is 0.978. The fraction of sp³-hybridized carbons (Fsp3) is 0.188. The van der Waals surface area contributed by atoms with Gasteiger partial charge in [-0.25, -0.2) is 4.39 Å². The Morgan fingerprint density at radius 3 is 2.81 bits per heavy atom. The number of fused-ring (bicyclic) bond motifs is 1. The summed E-state index contributed by atoms with van der Waals surface area (Å²) >= 11 is 0. The second-order valence-electron chi connectivity index (χ2n) is 4.71. The molecule has 0 saturated heterocycles. The van der Waals surface area contributed by atoms with E-state index in [4.69, 9.17) is 14.7 Å². The monoisotopic (exact) mass is 284 g/mol. The van der Waals surface area contributed by atoms with Gasteiger partial charge in [-0.15, -0.1) is 0 Å². The average molecular weight is 284 g/mol. The number of ether oxygens (including phenoxy) is 2. The van der Waals surface area contributed by atoms with E-state index in [1.54, 1.807) is 12.1 Å². The molecule has 0 amide bonds. The SMILES string of the molecule is N#Cc1ccc(NCc2cc(F)cc3c2OCOC3)cc1. The molecule has 2 aromatic rings. The minimum atomic E-state index is -0.306. The molecule has 0 aromatic heterocycles. The summed E-state index contributed by atoms with van der Waals surface area (Å²) in [5, 5.41) is 12.0. The van der Waals surface area contributed by atoms with E-state index in [1.807, 2.05) is 12.1 Å². The Morgan fingerprint density at radius 2 is 2.05 bits per heavy atom. The summed E-state index contributed by atoms with van der Waals surface area (Å²) in [6.07, 6.45) is 0. The van der Waals surface area contributed by atoms with Crippen molar-refractivity contribution in [2.24, 2.45) is 0 Å². The van der Waals surface area contributed by atoms with E-state index < -0.39 is 0 Å². The number of hydrogen-bond donors (Lipinski definition) is 1. The molecular weight excluding hydrogens is 271 g/mol. The number of hydrogen-bond acceptors (Lipinski definition) is 4. The highest BCUT2D eigenvalue weighted by atomic mass is 19.1. The largest absolute Gasteiger partial charge is 0.467 e. The second kappa shape index (κ2) is 5.81. The Labute approximate surface area is 121 Å². The van der Waals surface area contributed by atoms with E-state index in [0.717, 1.165) is 16.8 Å². The first-order valence-corrected chi connectivity index (χ1v) is 6.52. The van der Waals surface area contributed by atoms with Crippen molar-refractivity contribution < 1.29 is 13.9 Å². The first kappa shape index (κ1) is 13.4. The van der Waals surface area contributed by atoms with Gasteiger partial charge in [-0.05, 0) is 36.4 Å². The third kappa shape index (κ3) is 2.96. The molecule has 0 aliphatic carbocycles. The van der Waals surface area contributed by atoms with Crippen molar-refractivity contribution >= 4 is 5.69 Å². The van der Waals surface area contributed by atoms with Crippen LogP contribution < -0.4 is 10.1 Å². The minimum absolute atomic E-state index is 0.183. The fourth-order valence-corrected chi connectivity index (χ4v) is 2.25. The maximum Gasteiger partial charge on any atom is 0.189 e. The second-order valence-corrected chi connectivity index (χ2v) is 4.71. The lowest BCUT2D eigenvalue weighted by Gasteiger charge is -2.21. The lowest BCUT2D eigenvalue weighted by molar-refractivity contribution is -0.0172. The van der Waals surface area contributed by atoms with Crippen LogP contribution in [0.15, 0.2) is 36.4 Å². The standard InChI is InChI=1S/C16H13FN2O2/c17-14-5-12(16-13(6-14)9-20-10-21-16)8-19-15-3-1-11(7-18)2-4-15/h1-6,19H,8-10H2. The van der Waals surface area contributed by atoms with Crippen LogP contribution in [0.4, 0.5) is 10.1 Å². The third-order valence-electron chi connectivity index (χ3n) is 3.25. The van der Waals surface area contributed by atoms with E-state index in [9.17, 15) is 4.39 Å². The maximum atomic E-state index is 13.6. The van der Waals surface area contributed by atoms with Gasteiger partial charge in [0.1, 0.15) is 11.6 Å². The molecule has 0 spiro atoms. The van der Waals surface area contributed by atoms with E-state index in [1.165, 1.54) is 12.1 Å². The molecule has 21 heavy (non-hydrogen) atoms. The molecule has 5 heteroatoms. The van der Waals surface area contributed by atoms with Crippen LogP contribution in [0.25, 0.3) is 0 Å². The molecule has 1 aliphatic rings. The van der Waals surface area contributed by atoms with Gasteiger partial charge >= 0.3 is 0 Å². The van der Waals surface area contributed by atoms with E-state index in [2.05, 4.69) is 11.4 Å². The van der Waals surface area contributed by atoms with E-state index in [0.29, 0.717) is 24.5 Å². The molecule has 1 aliphatic heterocycles. The summed E-state index contributed by atoms with van der Waals surface area (Å²) < 4.78 is 24.2. The predicted octanol–water partition coefficient (Wildman–Crippen LogP) is 3.18. The van der Waals surface area contributed by atoms with E-state index in [-0.39, 0.29) is 12.6 Å². The Balaban J connectivity index is 1.78. The van der Waals surface area contributed by atoms with Crippen molar-refractivity contribution in [2.45, 2.75) is 13.2 Å². The molecule has 0 radical (unpaired) electrons. The fourth-order valence-electron chi connectivity index (χ4n) is 2.25. The van der Waals surface area contributed by atoms with Gasteiger partial charge in [-0.1, -0.05) is 0 Å². The van der Waals surface area contributed by atoms with Crippen LogP contribution in [-0.4, -0.2) is 6.79 Å². The van der Waals surface area contributed by atoms with Gasteiger partial charge in [0.2, 0.25) is 0 Å². The molecule has 2 aromatic carbocycles. The highest BCUT2D eigenvalue weighted by molar-refractivity contribution is 5.50. The van der Waals surface area contributed by atoms with Crippen molar-refractivity contribution in [2.75, 3.05) is 12.1 Å². The number of nitrogens with zero attached hydrogens (tertiary/aromatic N) is 1. The zero-order valence-corrected chi connectivity index (χ0v) is 11.2. The molecule has 0 bridgehead atoms. The Hall–Kier alpha value is -2.58. The van der Waals surface area contributed by atoms with Crippen LogP contribution in [0, 0.1) is 17.1 Å². The summed E-state index contributed by atoms with van der Waals surface area (Å²) in [6, 6.07) is 12.0. The highest BCUT2D eigenvalue weighted by Crippen LogP contribution is 2.30. The summed E-state index contributed by atoms with van der Waals surface area (Å²) in [5.74, 6) is 0.378. The summed E-state index contributed by atoms with van der Waals surface area (Å²) in [7, 11) is 0. The molecule has 3 rings (SSSR count). The normalized spacial score (nSPS) is 13.0. The number of halogens is 1. The van der Waals surface area contributed by atoms with Crippen molar-refractivity contribution in [1.82, 2.24) is 0 Å². The Kier molecular flexibility index (Phi) is 3.71. The molecule has 0 unspecified atom stereocenters. The van der Waals surface area contributed by atoms with Crippen LogP contribution in [0.2, 0.25) is 0 Å². The van der Waals surface area contributed by atoms with Crippen LogP contribution in [0.3, 0.4) is 0 Å².